The molecule has 2 aromatic rings. The third-order valence-electron chi connectivity index (χ3n) is 4.64. The summed E-state index contributed by atoms with van der Waals surface area (Å²) >= 11 is 0. The van der Waals surface area contributed by atoms with Crippen LogP contribution in [0.15, 0.2) is 48.5 Å². The first kappa shape index (κ1) is 18.0. The minimum absolute atomic E-state index is 0.0681. The molecule has 5 nitrogen and oxygen atoms in total. The number of carbonyl (C=O) groups excluding carboxylic acids is 2. The quantitative estimate of drug-likeness (QED) is 0.848. The van der Waals surface area contributed by atoms with E-state index in [2.05, 4.69) is 0 Å². The number of piperazine rings is 1. The average Bonchev–Trinajstić information content (AvgIpc) is 2.64. The molecule has 0 radical (unpaired) electrons. The second-order valence-corrected chi connectivity index (χ2v) is 6.46. The van der Waals surface area contributed by atoms with Gasteiger partial charge in [0.15, 0.2) is 0 Å². The summed E-state index contributed by atoms with van der Waals surface area (Å²) in [5, 5.41) is 0. The van der Waals surface area contributed by atoms with Crippen molar-refractivity contribution in [2.75, 3.05) is 24.6 Å². The van der Waals surface area contributed by atoms with Crippen LogP contribution in [-0.4, -0.2) is 42.5 Å². The number of nitrogens with zero attached hydrogens (tertiary/aromatic N) is 2. The van der Waals surface area contributed by atoms with Crippen molar-refractivity contribution in [1.29, 1.82) is 0 Å². The van der Waals surface area contributed by atoms with E-state index in [0.717, 1.165) is 17.0 Å². The van der Waals surface area contributed by atoms with Gasteiger partial charge in [0.25, 0.3) is 5.91 Å². The third kappa shape index (κ3) is 3.57. The first-order valence-corrected chi connectivity index (χ1v) is 8.93. The molecular formula is C21H24N2O3. The Morgan fingerprint density at radius 3 is 2.54 bits per heavy atom. The highest BCUT2D eigenvalue weighted by atomic mass is 16.5. The summed E-state index contributed by atoms with van der Waals surface area (Å²) in [7, 11) is 0. The largest absolute Gasteiger partial charge is 0.494 e. The van der Waals surface area contributed by atoms with E-state index in [9.17, 15) is 9.59 Å². The highest BCUT2D eigenvalue weighted by Gasteiger charge is 2.35. The summed E-state index contributed by atoms with van der Waals surface area (Å²) in [5.41, 5.74) is 2.48. The van der Waals surface area contributed by atoms with Crippen molar-refractivity contribution in [3.8, 4) is 5.75 Å². The number of ether oxygens (including phenoxy) is 1. The molecule has 0 bridgehead atoms. The van der Waals surface area contributed by atoms with Crippen LogP contribution in [0.25, 0.3) is 0 Å². The molecule has 0 spiro atoms. The van der Waals surface area contributed by atoms with Crippen molar-refractivity contribution in [2.24, 2.45) is 0 Å². The van der Waals surface area contributed by atoms with Gasteiger partial charge in [-0.05, 0) is 57.2 Å². The molecule has 1 aliphatic heterocycles. The van der Waals surface area contributed by atoms with Gasteiger partial charge in [-0.25, -0.2) is 0 Å². The molecule has 0 N–H and O–H groups in total. The van der Waals surface area contributed by atoms with Crippen LogP contribution in [0.5, 0.6) is 5.75 Å². The zero-order valence-electron chi connectivity index (χ0n) is 15.4. The average molecular weight is 352 g/mol. The summed E-state index contributed by atoms with van der Waals surface area (Å²) in [6.45, 7) is 7.27. The Morgan fingerprint density at radius 2 is 1.88 bits per heavy atom. The van der Waals surface area contributed by atoms with Crippen LogP contribution in [0, 0.1) is 6.92 Å². The maximum atomic E-state index is 12.9. The Balaban J connectivity index is 1.75. The van der Waals surface area contributed by atoms with Crippen LogP contribution in [0.4, 0.5) is 5.69 Å². The van der Waals surface area contributed by atoms with Crippen molar-refractivity contribution in [3.63, 3.8) is 0 Å². The van der Waals surface area contributed by atoms with Gasteiger partial charge >= 0.3 is 0 Å². The first-order valence-electron chi connectivity index (χ1n) is 8.93. The molecule has 136 valence electrons. The van der Waals surface area contributed by atoms with E-state index in [-0.39, 0.29) is 11.8 Å². The highest BCUT2D eigenvalue weighted by molar-refractivity contribution is 6.03. The highest BCUT2D eigenvalue weighted by Crippen LogP contribution is 2.24. The normalized spacial score (nSPS) is 17.3. The lowest BCUT2D eigenvalue weighted by Gasteiger charge is -2.39. The van der Waals surface area contributed by atoms with Crippen LogP contribution in [-0.2, 0) is 4.79 Å². The van der Waals surface area contributed by atoms with Gasteiger partial charge in [0.05, 0.1) is 6.61 Å². The van der Waals surface area contributed by atoms with Crippen molar-refractivity contribution in [3.05, 3.63) is 59.7 Å². The Labute approximate surface area is 154 Å². The van der Waals surface area contributed by atoms with Crippen LogP contribution in [0.1, 0.15) is 29.8 Å². The predicted molar refractivity (Wildman–Crippen MR) is 102 cm³/mol. The van der Waals surface area contributed by atoms with Crippen molar-refractivity contribution >= 4 is 17.5 Å². The fraction of sp³-hybridized carbons (Fsp3) is 0.333. The molecule has 1 fully saturated rings. The summed E-state index contributed by atoms with van der Waals surface area (Å²) < 4.78 is 5.45. The summed E-state index contributed by atoms with van der Waals surface area (Å²) in [6, 6.07) is 14.5. The number of aryl methyl sites for hydroxylation is 1. The third-order valence-corrected chi connectivity index (χ3v) is 4.64. The van der Waals surface area contributed by atoms with E-state index in [4.69, 9.17) is 4.74 Å². The molecule has 26 heavy (non-hydrogen) atoms. The molecule has 2 amide bonds. The summed E-state index contributed by atoms with van der Waals surface area (Å²) in [4.78, 5) is 29.0. The van der Waals surface area contributed by atoms with Gasteiger partial charge < -0.3 is 14.5 Å². The Bertz CT molecular complexity index is 801. The molecule has 3 rings (SSSR count). The van der Waals surface area contributed by atoms with Gasteiger partial charge in [-0.2, -0.15) is 0 Å². The van der Waals surface area contributed by atoms with E-state index < -0.39 is 6.04 Å². The molecule has 0 saturated carbocycles. The second-order valence-electron chi connectivity index (χ2n) is 6.46. The fourth-order valence-corrected chi connectivity index (χ4v) is 3.24. The van der Waals surface area contributed by atoms with Gasteiger partial charge in [0, 0.05) is 24.3 Å². The zero-order chi connectivity index (χ0) is 18.7. The van der Waals surface area contributed by atoms with E-state index >= 15 is 0 Å². The molecule has 1 aliphatic rings. The number of carbonyl (C=O) groups is 2. The molecule has 1 atom stereocenters. The van der Waals surface area contributed by atoms with E-state index in [1.807, 2.05) is 56.3 Å². The van der Waals surface area contributed by atoms with Crippen LogP contribution in [0.2, 0.25) is 0 Å². The maximum absolute atomic E-state index is 12.9. The maximum Gasteiger partial charge on any atom is 0.254 e. The molecule has 1 saturated heterocycles. The number of amides is 2. The SMILES string of the molecule is CCOc1ccc(N2CCN(C(=O)c3cccc(C)c3)[C@@H](C)C2=O)cc1. The predicted octanol–water partition coefficient (Wildman–Crippen LogP) is 3.27. The standard InChI is InChI=1S/C21H24N2O3/c1-4-26-19-10-8-18(9-11-19)23-13-12-22(16(3)20(23)24)21(25)17-7-5-6-15(2)14-17/h5-11,14,16H,4,12-13H2,1-3H3/t16-/m0/s1. The van der Waals surface area contributed by atoms with E-state index in [1.165, 1.54) is 0 Å². The topological polar surface area (TPSA) is 49.9 Å². The summed E-state index contributed by atoms with van der Waals surface area (Å²) in [6.07, 6.45) is 0. The lowest BCUT2D eigenvalue weighted by Crippen LogP contribution is -2.57. The lowest BCUT2D eigenvalue weighted by atomic mass is 10.1. The lowest BCUT2D eigenvalue weighted by molar-refractivity contribution is -0.124. The number of rotatable bonds is 4. The Morgan fingerprint density at radius 1 is 1.15 bits per heavy atom. The minimum atomic E-state index is -0.497. The fourth-order valence-electron chi connectivity index (χ4n) is 3.24. The molecule has 2 aromatic carbocycles. The Hall–Kier alpha value is -2.82. The molecular weight excluding hydrogens is 328 g/mol. The van der Waals surface area contributed by atoms with Crippen LogP contribution in [0.3, 0.4) is 0 Å². The second kappa shape index (κ2) is 7.60. The Kier molecular flexibility index (Phi) is 5.26. The summed E-state index contributed by atoms with van der Waals surface area (Å²) in [5.74, 6) is 0.618. The van der Waals surface area contributed by atoms with Gasteiger partial charge in [0.1, 0.15) is 11.8 Å². The van der Waals surface area contributed by atoms with Gasteiger partial charge in [0.2, 0.25) is 5.91 Å². The van der Waals surface area contributed by atoms with Gasteiger partial charge in [-0.3, -0.25) is 9.59 Å². The number of hydrogen-bond donors (Lipinski definition) is 0. The number of anilines is 1. The van der Waals surface area contributed by atoms with E-state index in [0.29, 0.717) is 25.3 Å². The molecule has 0 aliphatic carbocycles. The van der Waals surface area contributed by atoms with Crippen LogP contribution >= 0.6 is 0 Å². The van der Waals surface area contributed by atoms with Crippen molar-refractivity contribution in [2.45, 2.75) is 26.8 Å². The zero-order valence-corrected chi connectivity index (χ0v) is 15.4. The number of hydrogen-bond acceptors (Lipinski definition) is 3. The minimum Gasteiger partial charge on any atom is -0.494 e. The van der Waals surface area contributed by atoms with E-state index in [1.54, 1.807) is 22.8 Å². The van der Waals surface area contributed by atoms with Crippen molar-refractivity contribution in [1.82, 2.24) is 4.90 Å². The first-order chi connectivity index (χ1) is 12.5. The van der Waals surface area contributed by atoms with Crippen molar-refractivity contribution < 1.29 is 14.3 Å². The molecule has 0 aromatic heterocycles. The molecule has 1 heterocycles. The van der Waals surface area contributed by atoms with Gasteiger partial charge in [-0.1, -0.05) is 17.7 Å². The van der Waals surface area contributed by atoms with Gasteiger partial charge in [-0.15, -0.1) is 0 Å². The molecule has 0 unspecified atom stereocenters. The monoisotopic (exact) mass is 352 g/mol. The molecule has 5 heteroatoms. The number of benzene rings is 2. The van der Waals surface area contributed by atoms with Crippen LogP contribution < -0.4 is 9.64 Å². The smallest absolute Gasteiger partial charge is 0.254 e.